The van der Waals surface area contributed by atoms with Gasteiger partial charge >= 0.3 is 0 Å². The molecule has 4 heteroatoms. The summed E-state index contributed by atoms with van der Waals surface area (Å²) >= 11 is 0. The van der Waals surface area contributed by atoms with E-state index in [1.54, 1.807) is 0 Å². The first-order valence-corrected chi connectivity index (χ1v) is 7.64. The molecule has 1 N–H and O–H groups in total. The van der Waals surface area contributed by atoms with Crippen molar-refractivity contribution in [2.75, 3.05) is 32.7 Å². The predicted molar refractivity (Wildman–Crippen MR) is 75.8 cm³/mol. The van der Waals surface area contributed by atoms with Crippen LogP contribution in [-0.4, -0.2) is 59.6 Å². The molecule has 4 nitrogen and oxygen atoms in total. The van der Waals surface area contributed by atoms with E-state index in [0.29, 0.717) is 30.8 Å². The van der Waals surface area contributed by atoms with Gasteiger partial charge < -0.3 is 10.0 Å². The quantitative estimate of drug-likeness (QED) is 0.818. The highest BCUT2D eigenvalue weighted by molar-refractivity contribution is 5.78. The van der Waals surface area contributed by atoms with Crippen LogP contribution in [0.3, 0.4) is 0 Å². The van der Waals surface area contributed by atoms with Gasteiger partial charge in [-0.05, 0) is 37.1 Å². The molecule has 0 aromatic heterocycles. The van der Waals surface area contributed by atoms with Crippen LogP contribution in [0, 0.1) is 17.8 Å². The van der Waals surface area contributed by atoms with Crippen LogP contribution >= 0.6 is 0 Å². The summed E-state index contributed by atoms with van der Waals surface area (Å²) in [4.78, 5) is 16.5. The van der Waals surface area contributed by atoms with Crippen LogP contribution in [0.2, 0.25) is 0 Å². The van der Waals surface area contributed by atoms with Gasteiger partial charge in [0.25, 0.3) is 0 Å². The molecular weight excluding hydrogens is 240 g/mol. The number of amides is 1. The number of carbonyl (C=O) groups is 1. The Labute approximate surface area is 116 Å². The summed E-state index contributed by atoms with van der Waals surface area (Å²) in [5.41, 5.74) is 0. The SMILES string of the molecule is CC1CC(C)CN(C(=O)CN2CCC(C)C(O)C2)C1. The van der Waals surface area contributed by atoms with Crippen molar-refractivity contribution in [3.63, 3.8) is 0 Å². The molecule has 0 aliphatic carbocycles. The molecular formula is C15H28N2O2. The lowest BCUT2D eigenvalue weighted by Crippen LogP contribution is -2.50. The van der Waals surface area contributed by atoms with E-state index < -0.39 is 0 Å². The van der Waals surface area contributed by atoms with Crippen molar-refractivity contribution in [3.05, 3.63) is 0 Å². The van der Waals surface area contributed by atoms with E-state index in [-0.39, 0.29) is 12.0 Å². The van der Waals surface area contributed by atoms with Crippen molar-refractivity contribution in [2.45, 2.75) is 39.7 Å². The Morgan fingerprint density at radius 2 is 1.79 bits per heavy atom. The molecule has 1 amide bonds. The number of nitrogens with zero attached hydrogens (tertiary/aromatic N) is 2. The average Bonchev–Trinajstić information content (AvgIpc) is 2.32. The van der Waals surface area contributed by atoms with Crippen molar-refractivity contribution in [1.82, 2.24) is 9.80 Å². The van der Waals surface area contributed by atoms with Gasteiger partial charge in [0.05, 0.1) is 12.6 Å². The van der Waals surface area contributed by atoms with Gasteiger partial charge in [0, 0.05) is 19.6 Å². The molecule has 0 spiro atoms. The van der Waals surface area contributed by atoms with Gasteiger partial charge in [0.15, 0.2) is 0 Å². The zero-order chi connectivity index (χ0) is 14.0. The summed E-state index contributed by atoms with van der Waals surface area (Å²) in [6.45, 7) is 10.4. The third-order valence-electron chi connectivity index (χ3n) is 4.58. The summed E-state index contributed by atoms with van der Waals surface area (Å²) in [6.07, 6.45) is 1.94. The van der Waals surface area contributed by atoms with Crippen LogP contribution in [0.5, 0.6) is 0 Å². The van der Waals surface area contributed by atoms with Crippen molar-refractivity contribution in [3.8, 4) is 0 Å². The zero-order valence-electron chi connectivity index (χ0n) is 12.5. The van der Waals surface area contributed by atoms with Crippen molar-refractivity contribution >= 4 is 5.91 Å². The highest BCUT2D eigenvalue weighted by Crippen LogP contribution is 2.22. The molecule has 0 radical (unpaired) electrons. The molecule has 0 aromatic rings. The fourth-order valence-corrected chi connectivity index (χ4v) is 3.42. The average molecular weight is 268 g/mol. The third kappa shape index (κ3) is 3.93. The first-order valence-electron chi connectivity index (χ1n) is 7.64. The first-order chi connectivity index (χ1) is 8.95. The highest BCUT2D eigenvalue weighted by atomic mass is 16.3. The Morgan fingerprint density at radius 1 is 1.16 bits per heavy atom. The molecule has 0 aromatic carbocycles. The minimum absolute atomic E-state index is 0.236. The number of aliphatic hydroxyl groups is 1. The largest absolute Gasteiger partial charge is 0.392 e. The van der Waals surface area contributed by atoms with E-state index in [0.717, 1.165) is 26.1 Å². The molecule has 0 saturated carbocycles. The lowest BCUT2D eigenvalue weighted by atomic mass is 9.92. The number of β-amino-alcohol motifs (C(OH)–C–C–N with tert-alkyl or cyclic N) is 1. The molecule has 2 fully saturated rings. The number of likely N-dealkylation sites (tertiary alicyclic amines) is 2. The van der Waals surface area contributed by atoms with Crippen LogP contribution in [-0.2, 0) is 4.79 Å². The number of carbonyl (C=O) groups excluding carboxylic acids is 1. The maximum absolute atomic E-state index is 12.3. The lowest BCUT2D eigenvalue weighted by Gasteiger charge is -2.38. The van der Waals surface area contributed by atoms with Gasteiger partial charge in [0.2, 0.25) is 5.91 Å². The van der Waals surface area contributed by atoms with Gasteiger partial charge in [-0.3, -0.25) is 9.69 Å². The van der Waals surface area contributed by atoms with Gasteiger partial charge in [-0.2, -0.15) is 0 Å². The smallest absolute Gasteiger partial charge is 0.236 e. The fraction of sp³-hybridized carbons (Fsp3) is 0.933. The summed E-state index contributed by atoms with van der Waals surface area (Å²) < 4.78 is 0. The molecule has 2 heterocycles. The van der Waals surface area contributed by atoms with Crippen molar-refractivity contribution < 1.29 is 9.90 Å². The summed E-state index contributed by atoms with van der Waals surface area (Å²) in [7, 11) is 0. The Kier molecular flexibility index (Phi) is 4.85. The Hall–Kier alpha value is -0.610. The Bertz CT molecular complexity index is 311. The zero-order valence-corrected chi connectivity index (χ0v) is 12.5. The summed E-state index contributed by atoms with van der Waals surface area (Å²) in [5.74, 6) is 1.82. The minimum atomic E-state index is -0.277. The van der Waals surface area contributed by atoms with E-state index in [4.69, 9.17) is 0 Å². The Balaban J connectivity index is 1.83. The van der Waals surface area contributed by atoms with Gasteiger partial charge in [-0.15, -0.1) is 0 Å². The summed E-state index contributed by atoms with van der Waals surface area (Å²) in [6, 6.07) is 0. The molecule has 0 bridgehead atoms. The van der Waals surface area contributed by atoms with Crippen LogP contribution in [0.15, 0.2) is 0 Å². The summed E-state index contributed by atoms with van der Waals surface area (Å²) in [5, 5.41) is 9.89. The highest BCUT2D eigenvalue weighted by Gasteiger charge is 2.29. The maximum Gasteiger partial charge on any atom is 0.236 e. The molecule has 2 saturated heterocycles. The van der Waals surface area contributed by atoms with E-state index in [2.05, 4.69) is 25.7 Å². The second-order valence-electron chi connectivity index (χ2n) is 6.81. The molecule has 19 heavy (non-hydrogen) atoms. The lowest BCUT2D eigenvalue weighted by molar-refractivity contribution is -0.136. The minimum Gasteiger partial charge on any atom is -0.392 e. The van der Waals surface area contributed by atoms with Crippen molar-refractivity contribution in [1.29, 1.82) is 0 Å². The van der Waals surface area contributed by atoms with Gasteiger partial charge in [-0.25, -0.2) is 0 Å². The standard InChI is InChI=1S/C15H28N2O2/c1-11-6-12(2)8-17(7-11)15(19)10-16-5-4-13(3)14(18)9-16/h11-14,18H,4-10H2,1-3H3. The molecule has 110 valence electrons. The second kappa shape index (κ2) is 6.23. The predicted octanol–water partition coefficient (Wildman–Crippen LogP) is 1.19. The van der Waals surface area contributed by atoms with Gasteiger partial charge in [-0.1, -0.05) is 20.8 Å². The van der Waals surface area contributed by atoms with E-state index in [1.165, 1.54) is 6.42 Å². The number of rotatable bonds is 2. The normalized spacial score (nSPS) is 37.4. The van der Waals surface area contributed by atoms with E-state index in [9.17, 15) is 9.90 Å². The fourth-order valence-electron chi connectivity index (χ4n) is 3.42. The number of piperidine rings is 2. The first kappa shape index (κ1) is 14.8. The number of hydrogen-bond acceptors (Lipinski definition) is 3. The Morgan fingerprint density at radius 3 is 2.37 bits per heavy atom. The number of aliphatic hydroxyl groups excluding tert-OH is 1. The topological polar surface area (TPSA) is 43.8 Å². The monoisotopic (exact) mass is 268 g/mol. The van der Waals surface area contributed by atoms with Crippen LogP contribution in [0.4, 0.5) is 0 Å². The van der Waals surface area contributed by atoms with Crippen molar-refractivity contribution in [2.24, 2.45) is 17.8 Å². The van der Waals surface area contributed by atoms with E-state index >= 15 is 0 Å². The molecule has 2 aliphatic heterocycles. The molecule has 2 aliphatic rings. The van der Waals surface area contributed by atoms with Crippen LogP contribution in [0.25, 0.3) is 0 Å². The molecule has 4 unspecified atom stereocenters. The second-order valence-corrected chi connectivity index (χ2v) is 6.81. The molecule has 2 rings (SSSR count). The van der Waals surface area contributed by atoms with E-state index in [1.807, 2.05) is 4.90 Å². The van der Waals surface area contributed by atoms with Gasteiger partial charge in [0.1, 0.15) is 0 Å². The third-order valence-corrected chi connectivity index (χ3v) is 4.58. The maximum atomic E-state index is 12.3. The number of hydrogen-bond donors (Lipinski definition) is 1. The van der Waals surface area contributed by atoms with Crippen LogP contribution < -0.4 is 0 Å². The van der Waals surface area contributed by atoms with Crippen LogP contribution in [0.1, 0.15) is 33.6 Å². The molecule has 4 atom stereocenters.